The number of rotatable bonds is 9. The van der Waals surface area contributed by atoms with Crippen LogP contribution in [-0.4, -0.2) is 49.8 Å². The molecule has 200 valence electrons. The van der Waals surface area contributed by atoms with Crippen molar-refractivity contribution in [3.63, 3.8) is 0 Å². The zero-order chi connectivity index (χ0) is 28.2. The molecule has 2 amide bonds. The summed E-state index contributed by atoms with van der Waals surface area (Å²) < 4.78 is 15.9. The Morgan fingerprint density at radius 2 is 1.95 bits per heavy atom. The fraction of sp³-hybridized carbons (Fsp3) is 0.250. The van der Waals surface area contributed by atoms with Crippen molar-refractivity contribution in [1.82, 2.24) is 25.2 Å². The second-order valence-electron chi connectivity index (χ2n) is 9.59. The number of aromatic nitrogens is 3. The van der Waals surface area contributed by atoms with Crippen molar-refractivity contribution in [2.75, 3.05) is 11.9 Å². The first kappa shape index (κ1) is 27.2. The van der Waals surface area contributed by atoms with E-state index in [0.29, 0.717) is 40.4 Å². The Kier molecular flexibility index (Phi) is 7.88. The Morgan fingerprint density at radius 1 is 1.15 bits per heavy atom. The summed E-state index contributed by atoms with van der Waals surface area (Å²) in [5.41, 5.74) is 2.71. The summed E-state index contributed by atoms with van der Waals surface area (Å²) >= 11 is 0. The minimum atomic E-state index is -1.67. The van der Waals surface area contributed by atoms with Crippen molar-refractivity contribution in [3.8, 4) is 17.5 Å². The molecule has 11 heteroatoms. The Hall–Kier alpha value is -4.82. The Bertz CT molecular complexity index is 1570. The predicted octanol–water partition coefficient (Wildman–Crippen LogP) is 3.49. The molecule has 4 aromatic rings. The molecule has 0 aliphatic heterocycles. The van der Waals surface area contributed by atoms with Gasteiger partial charge in [0.1, 0.15) is 12.2 Å². The lowest BCUT2D eigenvalue weighted by Crippen LogP contribution is -2.42. The summed E-state index contributed by atoms with van der Waals surface area (Å²) in [6.07, 6.45) is 1.16. The minimum absolute atomic E-state index is 0.154. The lowest BCUT2D eigenvalue weighted by Gasteiger charge is -2.22. The molecule has 0 bridgehead atoms. The van der Waals surface area contributed by atoms with Crippen molar-refractivity contribution < 1.29 is 19.1 Å². The highest BCUT2D eigenvalue weighted by Gasteiger charge is 2.27. The van der Waals surface area contributed by atoms with Gasteiger partial charge in [-0.2, -0.15) is 10.4 Å². The number of alkyl halides is 1. The molecule has 1 aromatic carbocycles. The van der Waals surface area contributed by atoms with E-state index in [1.807, 2.05) is 30.3 Å². The average molecular weight is 530 g/mol. The van der Waals surface area contributed by atoms with Gasteiger partial charge in [-0.15, -0.1) is 0 Å². The van der Waals surface area contributed by atoms with Crippen LogP contribution in [0.25, 0.3) is 16.9 Å². The minimum Gasteiger partial charge on any atom is -0.387 e. The van der Waals surface area contributed by atoms with E-state index >= 15 is 0 Å². The number of carbonyl (C=O) groups is 2. The van der Waals surface area contributed by atoms with Gasteiger partial charge in [0.25, 0.3) is 5.91 Å². The van der Waals surface area contributed by atoms with Crippen LogP contribution in [0.15, 0.2) is 60.9 Å². The Morgan fingerprint density at radius 3 is 2.67 bits per heavy atom. The number of carbonyl (C=O) groups excluding carboxylic acids is 2. The number of benzene rings is 1. The van der Waals surface area contributed by atoms with E-state index in [1.54, 1.807) is 22.7 Å². The van der Waals surface area contributed by atoms with E-state index in [1.165, 1.54) is 33.2 Å². The predicted molar refractivity (Wildman–Crippen MR) is 144 cm³/mol. The number of nitrogens with one attached hydrogen (secondary N) is 3. The van der Waals surface area contributed by atoms with Gasteiger partial charge in [-0.05, 0) is 55.8 Å². The molecule has 0 saturated carbocycles. The van der Waals surface area contributed by atoms with E-state index in [0.717, 1.165) is 5.56 Å². The number of nitrogens with zero attached hydrogens (tertiary/aromatic N) is 4. The van der Waals surface area contributed by atoms with Gasteiger partial charge < -0.3 is 21.1 Å². The van der Waals surface area contributed by atoms with Crippen molar-refractivity contribution >= 4 is 28.7 Å². The van der Waals surface area contributed by atoms with Crippen LogP contribution in [0.4, 0.5) is 15.8 Å². The van der Waals surface area contributed by atoms with Gasteiger partial charge in [-0.25, -0.2) is 8.91 Å². The maximum absolute atomic E-state index is 14.3. The lowest BCUT2D eigenvalue weighted by atomic mass is 10.0. The molecule has 4 rings (SSSR count). The number of amides is 2. The van der Waals surface area contributed by atoms with Crippen LogP contribution in [0, 0.1) is 11.3 Å². The van der Waals surface area contributed by atoms with Gasteiger partial charge in [0.2, 0.25) is 5.91 Å². The summed E-state index contributed by atoms with van der Waals surface area (Å²) in [6, 6.07) is 16.4. The third-order valence-electron chi connectivity index (χ3n) is 6.00. The van der Waals surface area contributed by atoms with Gasteiger partial charge in [0, 0.05) is 25.4 Å². The summed E-state index contributed by atoms with van der Waals surface area (Å²) in [5, 5.41) is 31.9. The van der Waals surface area contributed by atoms with Crippen molar-refractivity contribution in [1.29, 1.82) is 5.26 Å². The third-order valence-corrected chi connectivity index (χ3v) is 6.00. The van der Waals surface area contributed by atoms with Gasteiger partial charge in [0.05, 0.1) is 52.1 Å². The number of nitriles is 1. The monoisotopic (exact) mass is 529 g/mol. The van der Waals surface area contributed by atoms with E-state index in [2.05, 4.69) is 32.1 Å². The van der Waals surface area contributed by atoms with Gasteiger partial charge >= 0.3 is 0 Å². The second kappa shape index (κ2) is 11.3. The number of hydrogen-bond acceptors (Lipinski definition) is 7. The SMILES string of the molecule is CC(=O)NCc1cccc(Nc2cc(-c3ccc4cc(C#N)cnn34)ncc2C(=O)NCC(F)C(C)(C)O)c1. The van der Waals surface area contributed by atoms with E-state index in [9.17, 15) is 19.1 Å². The number of pyridine rings is 1. The molecule has 0 spiro atoms. The summed E-state index contributed by atoms with van der Waals surface area (Å²) in [4.78, 5) is 28.9. The smallest absolute Gasteiger partial charge is 0.255 e. The molecular formula is C28H28FN7O3. The topological polar surface area (TPSA) is 144 Å². The molecule has 10 nitrogen and oxygen atoms in total. The number of hydrogen-bond donors (Lipinski definition) is 4. The highest BCUT2D eigenvalue weighted by atomic mass is 19.1. The molecule has 4 N–H and O–H groups in total. The van der Waals surface area contributed by atoms with Crippen molar-refractivity contribution in [2.24, 2.45) is 0 Å². The van der Waals surface area contributed by atoms with Crippen LogP contribution in [0.1, 0.15) is 42.3 Å². The standard InChI is InChI=1S/C28H28FN7O3/c1-17(37)31-13-18-5-4-6-20(9-18)35-23-11-24(25-8-7-21-10-19(12-30)14-34-36(21)25)32-15-22(23)27(38)33-16-26(29)28(2,3)39/h4-11,14-15,26,39H,13,16H2,1-3H3,(H,31,37)(H,32,35)(H,33,38). The highest BCUT2D eigenvalue weighted by Crippen LogP contribution is 2.28. The molecule has 0 radical (unpaired) electrons. The van der Waals surface area contributed by atoms with Crippen molar-refractivity contribution in [2.45, 2.75) is 39.1 Å². The molecule has 0 aliphatic rings. The summed E-state index contributed by atoms with van der Waals surface area (Å²) in [5.74, 6) is -0.729. The highest BCUT2D eigenvalue weighted by molar-refractivity contribution is 6.00. The number of aliphatic hydroxyl groups is 1. The summed E-state index contributed by atoms with van der Waals surface area (Å²) in [6.45, 7) is 4.05. The Labute approximate surface area is 224 Å². The van der Waals surface area contributed by atoms with Crippen LogP contribution in [0.5, 0.6) is 0 Å². The second-order valence-corrected chi connectivity index (χ2v) is 9.59. The largest absolute Gasteiger partial charge is 0.387 e. The quantitative estimate of drug-likeness (QED) is 0.260. The molecule has 3 aromatic heterocycles. The first-order chi connectivity index (χ1) is 18.5. The molecule has 1 atom stereocenters. The fourth-order valence-corrected chi connectivity index (χ4v) is 3.80. The van der Waals surface area contributed by atoms with Gasteiger partial charge in [-0.3, -0.25) is 14.6 Å². The summed E-state index contributed by atoms with van der Waals surface area (Å²) in [7, 11) is 0. The van der Waals surface area contributed by atoms with Crippen LogP contribution in [0.2, 0.25) is 0 Å². The normalized spacial score (nSPS) is 12.0. The molecule has 0 fully saturated rings. The van der Waals surface area contributed by atoms with E-state index < -0.39 is 17.7 Å². The zero-order valence-electron chi connectivity index (χ0n) is 21.7. The third kappa shape index (κ3) is 6.55. The molecule has 39 heavy (non-hydrogen) atoms. The molecule has 3 heterocycles. The van der Waals surface area contributed by atoms with Crippen LogP contribution in [-0.2, 0) is 11.3 Å². The number of fused-ring (bicyclic) bond motifs is 1. The maximum Gasteiger partial charge on any atom is 0.255 e. The molecule has 0 saturated heterocycles. The van der Waals surface area contributed by atoms with E-state index in [-0.39, 0.29) is 18.0 Å². The van der Waals surface area contributed by atoms with Crippen molar-refractivity contribution in [3.05, 3.63) is 77.6 Å². The fourth-order valence-electron chi connectivity index (χ4n) is 3.80. The van der Waals surface area contributed by atoms with Crippen LogP contribution < -0.4 is 16.0 Å². The maximum atomic E-state index is 14.3. The first-order valence-corrected chi connectivity index (χ1v) is 12.2. The molecular weight excluding hydrogens is 501 g/mol. The van der Waals surface area contributed by atoms with Gasteiger partial charge in [-0.1, -0.05) is 12.1 Å². The van der Waals surface area contributed by atoms with Gasteiger partial charge in [0.15, 0.2) is 0 Å². The molecule has 1 unspecified atom stereocenters. The van der Waals surface area contributed by atoms with Crippen LogP contribution in [0.3, 0.4) is 0 Å². The average Bonchev–Trinajstić information content (AvgIpc) is 3.33. The lowest BCUT2D eigenvalue weighted by molar-refractivity contribution is -0.119. The molecule has 0 aliphatic carbocycles. The zero-order valence-corrected chi connectivity index (χ0v) is 21.7. The first-order valence-electron chi connectivity index (χ1n) is 12.2. The number of halogens is 1. The number of anilines is 2. The van der Waals surface area contributed by atoms with E-state index in [4.69, 9.17) is 5.26 Å². The Balaban J connectivity index is 1.70. The van der Waals surface area contributed by atoms with Crippen LogP contribution >= 0.6 is 0 Å².